The van der Waals surface area contributed by atoms with Crippen LogP contribution in [-0.2, 0) is 4.74 Å². The molecule has 1 N–H and O–H groups in total. The Hall–Kier alpha value is -0.440. The van der Waals surface area contributed by atoms with Gasteiger partial charge in [0.15, 0.2) is 0 Å². The first-order chi connectivity index (χ1) is 4.20. The summed E-state index contributed by atoms with van der Waals surface area (Å²) in [6.07, 6.45) is 0.569. The van der Waals surface area contributed by atoms with Gasteiger partial charge in [-0.05, 0) is 13.3 Å². The molecule has 0 saturated carbocycles. The van der Waals surface area contributed by atoms with E-state index in [1.54, 1.807) is 0 Å². The summed E-state index contributed by atoms with van der Waals surface area (Å²) in [5.41, 5.74) is 0. The number of carbonyl (C=O) groups excluding carboxylic acids is 1. The van der Waals surface area contributed by atoms with Crippen molar-refractivity contribution in [1.29, 1.82) is 0 Å². The SMILES string of the molecule is CCC(C)NC(=O)OC.Cl. The fraction of sp³-hybridized carbons (Fsp3) is 0.833. The molecule has 62 valence electrons. The average Bonchev–Trinajstić information content (AvgIpc) is 1.87. The van der Waals surface area contributed by atoms with Gasteiger partial charge in [0.25, 0.3) is 0 Å². The van der Waals surface area contributed by atoms with Crippen molar-refractivity contribution in [1.82, 2.24) is 5.32 Å². The number of hydrogen-bond donors (Lipinski definition) is 1. The summed E-state index contributed by atoms with van der Waals surface area (Å²) >= 11 is 0. The van der Waals surface area contributed by atoms with Crippen molar-refractivity contribution in [3.63, 3.8) is 0 Å². The van der Waals surface area contributed by atoms with Crippen LogP contribution in [0, 0.1) is 0 Å². The molecule has 0 fully saturated rings. The van der Waals surface area contributed by atoms with Gasteiger partial charge >= 0.3 is 6.09 Å². The van der Waals surface area contributed by atoms with Crippen molar-refractivity contribution in [3.8, 4) is 0 Å². The highest BCUT2D eigenvalue weighted by Gasteiger charge is 2.01. The molecular weight excluding hydrogens is 154 g/mol. The van der Waals surface area contributed by atoms with Crippen molar-refractivity contribution in [2.45, 2.75) is 26.3 Å². The topological polar surface area (TPSA) is 38.3 Å². The van der Waals surface area contributed by atoms with Crippen molar-refractivity contribution in [3.05, 3.63) is 0 Å². The quantitative estimate of drug-likeness (QED) is 0.678. The normalized spacial score (nSPS) is 11.1. The van der Waals surface area contributed by atoms with Gasteiger partial charge in [0.2, 0.25) is 0 Å². The van der Waals surface area contributed by atoms with Crippen LogP contribution in [0.5, 0.6) is 0 Å². The lowest BCUT2D eigenvalue weighted by Crippen LogP contribution is -2.31. The molecule has 10 heavy (non-hydrogen) atoms. The van der Waals surface area contributed by atoms with Gasteiger partial charge in [0.1, 0.15) is 0 Å². The minimum atomic E-state index is -0.357. The van der Waals surface area contributed by atoms with E-state index in [0.717, 1.165) is 6.42 Å². The number of amides is 1. The predicted molar refractivity (Wildman–Crippen MR) is 42.5 cm³/mol. The molecule has 1 atom stereocenters. The van der Waals surface area contributed by atoms with Crippen LogP contribution < -0.4 is 5.32 Å². The zero-order valence-corrected chi connectivity index (χ0v) is 7.33. The number of alkyl carbamates (subject to hydrolysis) is 1. The number of halogens is 1. The standard InChI is InChI=1S/C6H13NO2.ClH/c1-4-5(2)7-6(8)9-3;/h5H,4H2,1-3H3,(H,7,8);1H. The smallest absolute Gasteiger partial charge is 0.407 e. The molecule has 0 heterocycles. The van der Waals surface area contributed by atoms with E-state index in [1.807, 2.05) is 13.8 Å². The lowest BCUT2D eigenvalue weighted by Gasteiger charge is -2.08. The number of hydrogen-bond acceptors (Lipinski definition) is 2. The van der Waals surface area contributed by atoms with Crippen molar-refractivity contribution >= 4 is 18.5 Å². The molecule has 0 aromatic carbocycles. The van der Waals surface area contributed by atoms with Crippen LogP contribution in [0.2, 0.25) is 0 Å². The van der Waals surface area contributed by atoms with Gasteiger partial charge in [0, 0.05) is 6.04 Å². The Morgan fingerprint density at radius 2 is 2.20 bits per heavy atom. The first-order valence-corrected chi connectivity index (χ1v) is 3.05. The molecule has 0 saturated heterocycles. The van der Waals surface area contributed by atoms with E-state index in [4.69, 9.17) is 0 Å². The highest BCUT2D eigenvalue weighted by atomic mass is 35.5. The molecule has 0 spiro atoms. The second-order valence-electron chi connectivity index (χ2n) is 1.95. The minimum Gasteiger partial charge on any atom is -0.453 e. The summed E-state index contributed by atoms with van der Waals surface area (Å²) in [7, 11) is 1.36. The van der Waals surface area contributed by atoms with Gasteiger partial charge < -0.3 is 10.1 Å². The van der Waals surface area contributed by atoms with E-state index in [0.29, 0.717) is 0 Å². The van der Waals surface area contributed by atoms with Crippen LogP contribution in [0.25, 0.3) is 0 Å². The molecule has 0 aliphatic rings. The Balaban J connectivity index is 0. The summed E-state index contributed by atoms with van der Waals surface area (Å²) in [5.74, 6) is 0. The predicted octanol–water partition coefficient (Wildman–Crippen LogP) is 1.56. The van der Waals surface area contributed by atoms with Crippen LogP contribution >= 0.6 is 12.4 Å². The summed E-state index contributed by atoms with van der Waals surface area (Å²) in [6.45, 7) is 3.93. The monoisotopic (exact) mass is 167 g/mol. The fourth-order valence-electron chi connectivity index (χ4n) is 0.362. The van der Waals surface area contributed by atoms with E-state index in [2.05, 4.69) is 10.1 Å². The number of nitrogens with one attached hydrogen (secondary N) is 1. The lowest BCUT2D eigenvalue weighted by molar-refractivity contribution is 0.167. The van der Waals surface area contributed by atoms with Gasteiger partial charge in [-0.1, -0.05) is 6.92 Å². The molecule has 3 nitrogen and oxygen atoms in total. The van der Waals surface area contributed by atoms with Crippen LogP contribution in [0.1, 0.15) is 20.3 Å². The Labute approximate surface area is 67.5 Å². The molecular formula is C6H14ClNO2. The van der Waals surface area contributed by atoms with E-state index < -0.39 is 0 Å². The molecule has 0 aromatic rings. The largest absolute Gasteiger partial charge is 0.453 e. The fourth-order valence-corrected chi connectivity index (χ4v) is 0.362. The van der Waals surface area contributed by atoms with E-state index in [1.165, 1.54) is 7.11 Å². The Bertz CT molecular complexity index is 97.7. The number of carbonyl (C=O) groups is 1. The number of rotatable bonds is 2. The highest BCUT2D eigenvalue weighted by Crippen LogP contribution is 1.87. The third kappa shape index (κ3) is 5.69. The van der Waals surface area contributed by atoms with Gasteiger partial charge in [0.05, 0.1) is 7.11 Å². The van der Waals surface area contributed by atoms with Crippen molar-refractivity contribution in [2.75, 3.05) is 7.11 Å². The average molecular weight is 168 g/mol. The second kappa shape index (κ2) is 6.68. The maximum Gasteiger partial charge on any atom is 0.407 e. The number of methoxy groups -OCH3 is 1. The zero-order valence-electron chi connectivity index (χ0n) is 6.51. The molecule has 4 heteroatoms. The first-order valence-electron chi connectivity index (χ1n) is 3.05. The van der Waals surface area contributed by atoms with Gasteiger partial charge in [-0.15, -0.1) is 12.4 Å². The van der Waals surface area contributed by atoms with Crippen LogP contribution in [-0.4, -0.2) is 19.2 Å². The summed E-state index contributed by atoms with van der Waals surface area (Å²) in [5, 5.41) is 2.62. The van der Waals surface area contributed by atoms with Crippen molar-refractivity contribution < 1.29 is 9.53 Å². The van der Waals surface area contributed by atoms with Crippen LogP contribution in [0.4, 0.5) is 4.79 Å². The Morgan fingerprint density at radius 3 is 2.50 bits per heavy atom. The van der Waals surface area contributed by atoms with E-state index in [9.17, 15) is 4.79 Å². The maximum atomic E-state index is 10.4. The van der Waals surface area contributed by atoms with Gasteiger partial charge in [-0.3, -0.25) is 0 Å². The molecule has 0 aliphatic carbocycles. The highest BCUT2D eigenvalue weighted by molar-refractivity contribution is 5.85. The Kier molecular flexibility index (Phi) is 8.18. The molecule has 0 aromatic heterocycles. The summed E-state index contributed by atoms with van der Waals surface area (Å²) in [6, 6.07) is 0.206. The number of ether oxygens (including phenoxy) is 1. The molecule has 0 rings (SSSR count). The molecule has 0 radical (unpaired) electrons. The summed E-state index contributed by atoms with van der Waals surface area (Å²) < 4.78 is 4.37. The van der Waals surface area contributed by atoms with Gasteiger partial charge in [-0.25, -0.2) is 4.79 Å². The first kappa shape index (κ1) is 12.3. The summed E-state index contributed by atoms with van der Waals surface area (Å²) in [4.78, 5) is 10.4. The van der Waals surface area contributed by atoms with Crippen molar-refractivity contribution in [2.24, 2.45) is 0 Å². The third-order valence-corrected chi connectivity index (χ3v) is 1.16. The minimum absolute atomic E-state index is 0. The second-order valence-corrected chi connectivity index (χ2v) is 1.95. The molecule has 0 aliphatic heterocycles. The third-order valence-electron chi connectivity index (χ3n) is 1.16. The Morgan fingerprint density at radius 1 is 1.70 bits per heavy atom. The van der Waals surface area contributed by atoms with E-state index >= 15 is 0 Å². The lowest BCUT2D eigenvalue weighted by atomic mass is 10.3. The zero-order chi connectivity index (χ0) is 7.28. The molecule has 0 bridgehead atoms. The van der Waals surface area contributed by atoms with E-state index in [-0.39, 0.29) is 24.5 Å². The molecule has 1 amide bonds. The van der Waals surface area contributed by atoms with Crippen LogP contribution in [0.15, 0.2) is 0 Å². The maximum absolute atomic E-state index is 10.4. The molecule has 1 unspecified atom stereocenters. The van der Waals surface area contributed by atoms with Crippen LogP contribution in [0.3, 0.4) is 0 Å². The van der Waals surface area contributed by atoms with Gasteiger partial charge in [-0.2, -0.15) is 0 Å².